The number of nitrogens with one attached hydrogen (secondary N) is 2. The second kappa shape index (κ2) is 8.96. The van der Waals surface area contributed by atoms with Crippen molar-refractivity contribution in [1.82, 2.24) is 24.9 Å². The van der Waals surface area contributed by atoms with E-state index in [0.29, 0.717) is 12.1 Å². The van der Waals surface area contributed by atoms with Crippen molar-refractivity contribution in [3.05, 3.63) is 83.6 Å². The zero-order chi connectivity index (χ0) is 20.1. The van der Waals surface area contributed by atoms with Crippen LogP contribution in [0.4, 0.5) is 0 Å². The summed E-state index contributed by atoms with van der Waals surface area (Å²) >= 11 is 1.71. The van der Waals surface area contributed by atoms with Crippen molar-refractivity contribution in [3.8, 4) is 0 Å². The lowest BCUT2D eigenvalue weighted by molar-refractivity contribution is 0.0953. The summed E-state index contributed by atoms with van der Waals surface area (Å²) < 4.78 is 2.03. The number of hydrogen-bond acceptors (Lipinski definition) is 4. The SMILES string of the molecule is Cc1[nH]ncc1CCCNC(=O)c1ccc(SCc2cn3ccccc3n2)cc1. The zero-order valence-corrected chi connectivity index (χ0v) is 17.1. The Hall–Kier alpha value is -3.06. The minimum atomic E-state index is -0.0363. The van der Waals surface area contributed by atoms with Gasteiger partial charge >= 0.3 is 0 Å². The van der Waals surface area contributed by atoms with E-state index in [9.17, 15) is 4.79 Å². The number of benzene rings is 1. The molecule has 0 unspecified atom stereocenters. The van der Waals surface area contributed by atoms with Crippen molar-refractivity contribution in [2.45, 2.75) is 30.4 Å². The number of aromatic nitrogens is 4. The van der Waals surface area contributed by atoms with Crippen molar-refractivity contribution in [3.63, 3.8) is 0 Å². The van der Waals surface area contributed by atoms with Crippen molar-refractivity contribution < 1.29 is 4.79 Å². The zero-order valence-electron chi connectivity index (χ0n) is 16.3. The molecule has 0 spiro atoms. The topological polar surface area (TPSA) is 75.1 Å². The van der Waals surface area contributed by atoms with Crippen LogP contribution in [0.2, 0.25) is 0 Å². The van der Waals surface area contributed by atoms with E-state index in [4.69, 9.17) is 0 Å². The van der Waals surface area contributed by atoms with Crippen molar-refractivity contribution >= 4 is 23.3 Å². The molecule has 0 aliphatic rings. The molecule has 0 atom stereocenters. The highest BCUT2D eigenvalue weighted by Crippen LogP contribution is 2.23. The van der Waals surface area contributed by atoms with Crippen LogP contribution in [0.15, 0.2) is 66.0 Å². The van der Waals surface area contributed by atoms with E-state index in [1.165, 1.54) is 5.56 Å². The molecule has 0 bridgehead atoms. The minimum Gasteiger partial charge on any atom is -0.352 e. The van der Waals surface area contributed by atoms with Crippen LogP contribution in [0.25, 0.3) is 5.65 Å². The fraction of sp³-hybridized carbons (Fsp3) is 0.227. The summed E-state index contributed by atoms with van der Waals surface area (Å²) in [6.45, 7) is 2.66. The number of fused-ring (bicyclic) bond motifs is 1. The number of pyridine rings is 1. The first-order chi connectivity index (χ1) is 14.2. The molecule has 0 radical (unpaired) electrons. The molecule has 7 heteroatoms. The van der Waals surface area contributed by atoms with Gasteiger partial charge in [0, 0.05) is 40.8 Å². The number of carbonyl (C=O) groups excluding carboxylic acids is 1. The van der Waals surface area contributed by atoms with Gasteiger partial charge < -0.3 is 9.72 Å². The first-order valence-electron chi connectivity index (χ1n) is 9.61. The summed E-state index contributed by atoms with van der Waals surface area (Å²) in [5.41, 5.74) is 4.97. The largest absolute Gasteiger partial charge is 0.352 e. The molecule has 4 rings (SSSR count). The molecule has 1 aromatic carbocycles. The summed E-state index contributed by atoms with van der Waals surface area (Å²) in [6, 6.07) is 13.7. The third-order valence-corrected chi connectivity index (χ3v) is 5.81. The summed E-state index contributed by atoms with van der Waals surface area (Å²) in [6.07, 6.45) is 7.69. The predicted octanol–water partition coefficient (Wildman–Crippen LogP) is 4.02. The second-order valence-electron chi connectivity index (χ2n) is 6.89. The number of aryl methyl sites for hydroxylation is 2. The van der Waals surface area contributed by atoms with Crippen LogP contribution in [0.5, 0.6) is 0 Å². The van der Waals surface area contributed by atoms with E-state index in [0.717, 1.165) is 40.5 Å². The van der Waals surface area contributed by atoms with Gasteiger partial charge in [-0.15, -0.1) is 11.8 Å². The molecule has 0 fully saturated rings. The normalized spacial score (nSPS) is 11.1. The quantitative estimate of drug-likeness (QED) is 0.343. The number of thioether (sulfide) groups is 1. The Bertz CT molecular complexity index is 1070. The number of aromatic amines is 1. The number of nitrogens with zero attached hydrogens (tertiary/aromatic N) is 3. The number of rotatable bonds is 8. The van der Waals surface area contributed by atoms with Crippen LogP contribution in [-0.4, -0.2) is 32.0 Å². The molecule has 0 aliphatic heterocycles. The van der Waals surface area contributed by atoms with Crippen LogP contribution in [0.3, 0.4) is 0 Å². The van der Waals surface area contributed by atoms with Gasteiger partial charge in [-0.05, 0) is 61.7 Å². The van der Waals surface area contributed by atoms with Crippen LogP contribution in [0.1, 0.15) is 33.7 Å². The number of imidazole rings is 1. The van der Waals surface area contributed by atoms with Gasteiger partial charge in [-0.25, -0.2) is 4.98 Å². The first kappa shape index (κ1) is 19.3. The Morgan fingerprint density at radius 3 is 2.83 bits per heavy atom. The van der Waals surface area contributed by atoms with Gasteiger partial charge in [0.25, 0.3) is 5.91 Å². The molecule has 0 saturated heterocycles. The highest BCUT2D eigenvalue weighted by molar-refractivity contribution is 7.98. The van der Waals surface area contributed by atoms with Gasteiger partial charge in [-0.1, -0.05) is 6.07 Å². The van der Waals surface area contributed by atoms with Gasteiger partial charge in [0.2, 0.25) is 0 Å². The lowest BCUT2D eigenvalue weighted by Gasteiger charge is -2.06. The van der Waals surface area contributed by atoms with E-state index in [2.05, 4.69) is 26.7 Å². The molecule has 0 saturated carbocycles. The third kappa shape index (κ3) is 4.86. The number of hydrogen-bond donors (Lipinski definition) is 2. The molecule has 6 nitrogen and oxygen atoms in total. The van der Waals surface area contributed by atoms with Crippen LogP contribution in [-0.2, 0) is 12.2 Å². The highest BCUT2D eigenvalue weighted by atomic mass is 32.2. The second-order valence-corrected chi connectivity index (χ2v) is 7.94. The number of H-pyrrole nitrogens is 1. The predicted molar refractivity (Wildman–Crippen MR) is 115 cm³/mol. The smallest absolute Gasteiger partial charge is 0.251 e. The summed E-state index contributed by atoms with van der Waals surface area (Å²) in [5.74, 6) is 0.756. The van der Waals surface area contributed by atoms with E-state index in [1.54, 1.807) is 11.8 Å². The molecule has 2 N–H and O–H groups in total. The fourth-order valence-corrected chi connectivity index (χ4v) is 3.91. The number of amides is 1. The van der Waals surface area contributed by atoms with Gasteiger partial charge in [0.1, 0.15) is 5.65 Å². The average Bonchev–Trinajstić information content (AvgIpc) is 3.35. The van der Waals surface area contributed by atoms with Crippen molar-refractivity contribution in [1.29, 1.82) is 0 Å². The van der Waals surface area contributed by atoms with Gasteiger partial charge in [0.05, 0.1) is 11.9 Å². The summed E-state index contributed by atoms with van der Waals surface area (Å²) in [4.78, 5) is 18.0. The standard InChI is InChI=1S/C22H23N5OS/c1-16-18(13-24-26-16)5-4-11-23-22(28)17-7-9-20(10-8-17)29-15-19-14-27-12-3-2-6-21(27)25-19/h2-3,6-10,12-14H,4-5,11,15H2,1H3,(H,23,28)(H,24,26). The molecular weight excluding hydrogens is 382 g/mol. The van der Waals surface area contributed by atoms with Crippen LogP contribution in [0, 0.1) is 6.92 Å². The molecule has 29 heavy (non-hydrogen) atoms. The fourth-order valence-electron chi connectivity index (χ4n) is 3.13. The summed E-state index contributed by atoms with van der Waals surface area (Å²) in [5, 5.41) is 9.93. The maximum Gasteiger partial charge on any atom is 0.251 e. The minimum absolute atomic E-state index is 0.0363. The highest BCUT2D eigenvalue weighted by Gasteiger charge is 2.07. The molecule has 3 heterocycles. The molecule has 0 aliphatic carbocycles. The van der Waals surface area contributed by atoms with E-state index in [1.807, 2.05) is 66.2 Å². The number of carbonyl (C=O) groups is 1. The Kier molecular flexibility index (Phi) is 5.95. The Balaban J connectivity index is 1.24. The Morgan fingerprint density at radius 2 is 2.07 bits per heavy atom. The average molecular weight is 406 g/mol. The molecule has 4 aromatic rings. The van der Waals surface area contributed by atoms with E-state index >= 15 is 0 Å². The monoisotopic (exact) mass is 405 g/mol. The lowest BCUT2D eigenvalue weighted by atomic mass is 10.1. The lowest BCUT2D eigenvalue weighted by Crippen LogP contribution is -2.24. The van der Waals surface area contributed by atoms with Crippen LogP contribution >= 0.6 is 11.8 Å². The van der Waals surface area contributed by atoms with E-state index < -0.39 is 0 Å². The van der Waals surface area contributed by atoms with Crippen LogP contribution < -0.4 is 5.32 Å². The van der Waals surface area contributed by atoms with E-state index in [-0.39, 0.29) is 5.91 Å². The maximum atomic E-state index is 12.3. The van der Waals surface area contributed by atoms with Gasteiger partial charge in [-0.3, -0.25) is 9.89 Å². The Labute approximate surface area is 173 Å². The van der Waals surface area contributed by atoms with Gasteiger partial charge in [0.15, 0.2) is 0 Å². The summed E-state index contributed by atoms with van der Waals surface area (Å²) in [7, 11) is 0. The first-order valence-corrected chi connectivity index (χ1v) is 10.6. The molecular formula is C22H23N5OS. The molecule has 3 aromatic heterocycles. The Morgan fingerprint density at radius 1 is 1.21 bits per heavy atom. The van der Waals surface area contributed by atoms with Crippen molar-refractivity contribution in [2.75, 3.05) is 6.54 Å². The van der Waals surface area contributed by atoms with Gasteiger partial charge in [-0.2, -0.15) is 5.10 Å². The molecule has 148 valence electrons. The third-order valence-electron chi connectivity index (χ3n) is 4.76. The molecule has 1 amide bonds. The van der Waals surface area contributed by atoms with Crippen molar-refractivity contribution in [2.24, 2.45) is 0 Å². The maximum absolute atomic E-state index is 12.3.